The van der Waals surface area contributed by atoms with Crippen LogP contribution >= 0.6 is 0 Å². The summed E-state index contributed by atoms with van der Waals surface area (Å²) in [4.78, 5) is 12.2. The Morgan fingerprint density at radius 3 is 2.75 bits per heavy atom. The van der Waals surface area contributed by atoms with Crippen LogP contribution < -0.4 is 5.32 Å². The highest BCUT2D eigenvalue weighted by atomic mass is 19.4. The summed E-state index contributed by atoms with van der Waals surface area (Å²) in [6, 6.07) is 3.31. The maximum absolute atomic E-state index is 13.1. The largest absolute Gasteiger partial charge is 0.418 e. The molecule has 1 aliphatic heterocycles. The van der Waals surface area contributed by atoms with Gasteiger partial charge in [-0.2, -0.15) is 13.2 Å². The van der Waals surface area contributed by atoms with Crippen LogP contribution in [0.3, 0.4) is 0 Å². The number of alkyl halides is 3. The third-order valence-electron chi connectivity index (χ3n) is 4.27. The predicted molar refractivity (Wildman–Crippen MR) is 80.9 cm³/mol. The Morgan fingerprint density at radius 1 is 1.38 bits per heavy atom. The number of nitro benzene ring substituents is 1. The molecule has 6 nitrogen and oxygen atoms in total. The predicted octanol–water partition coefficient (Wildman–Crippen LogP) is 2.89. The fraction of sp³-hybridized carbons (Fsp3) is 0.600. The zero-order valence-corrected chi connectivity index (χ0v) is 12.9. The molecule has 132 valence electrons. The lowest BCUT2D eigenvalue weighted by Gasteiger charge is -2.33. The van der Waals surface area contributed by atoms with Crippen molar-refractivity contribution in [3.05, 3.63) is 33.9 Å². The van der Waals surface area contributed by atoms with Gasteiger partial charge >= 0.3 is 6.18 Å². The SMILES string of the molecule is O=[N+]([O-])c1ccc(NCC2CN(C3CC3)CCO2)c(C(F)(F)F)c1. The van der Waals surface area contributed by atoms with Gasteiger partial charge in [-0.15, -0.1) is 0 Å². The first kappa shape index (κ1) is 17.0. The van der Waals surface area contributed by atoms with Crippen LogP contribution in [0.2, 0.25) is 0 Å². The minimum absolute atomic E-state index is 0.166. The molecule has 1 N–H and O–H groups in total. The number of ether oxygens (including phenoxy) is 1. The lowest BCUT2D eigenvalue weighted by Crippen LogP contribution is -2.46. The number of nitrogens with one attached hydrogen (secondary N) is 1. The molecule has 1 atom stereocenters. The summed E-state index contributed by atoms with van der Waals surface area (Å²) in [6.45, 7) is 2.33. The van der Waals surface area contributed by atoms with E-state index in [1.54, 1.807) is 0 Å². The summed E-state index contributed by atoms with van der Waals surface area (Å²) in [5, 5.41) is 13.4. The molecule has 0 bridgehead atoms. The van der Waals surface area contributed by atoms with Gasteiger partial charge in [0.05, 0.1) is 23.2 Å². The molecule has 1 unspecified atom stereocenters. The van der Waals surface area contributed by atoms with Crippen molar-refractivity contribution in [2.24, 2.45) is 0 Å². The fourth-order valence-electron chi connectivity index (χ4n) is 2.90. The molecule has 1 saturated heterocycles. The first-order valence-electron chi connectivity index (χ1n) is 7.80. The number of anilines is 1. The van der Waals surface area contributed by atoms with Crippen LogP contribution in [0, 0.1) is 10.1 Å². The molecule has 3 rings (SSSR count). The van der Waals surface area contributed by atoms with Crippen molar-refractivity contribution >= 4 is 11.4 Å². The van der Waals surface area contributed by atoms with Crippen molar-refractivity contribution < 1.29 is 22.8 Å². The molecule has 0 spiro atoms. The Kier molecular flexibility index (Phi) is 4.64. The summed E-state index contributed by atoms with van der Waals surface area (Å²) in [7, 11) is 0. The standard InChI is InChI=1S/C15H18F3N3O3/c16-15(17,18)13-7-11(21(22)23)3-4-14(13)19-8-12-9-20(5-6-24-12)10-1-2-10/h3-4,7,10,12,19H,1-2,5-6,8-9H2. The summed E-state index contributed by atoms with van der Waals surface area (Å²) < 4.78 is 45.0. The number of hydrogen-bond donors (Lipinski definition) is 1. The summed E-state index contributed by atoms with van der Waals surface area (Å²) in [5.74, 6) is 0. The second-order valence-corrected chi connectivity index (χ2v) is 6.08. The van der Waals surface area contributed by atoms with Gasteiger partial charge in [0.25, 0.3) is 5.69 Å². The van der Waals surface area contributed by atoms with E-state index >= 15 is 0 Å². The van der Waals surface area contributed by atoms with Crippen molar-refractivity contribution in [1.82, 2.24) is 4.90 Å². The van der Waals surface area contributed by atoms with Crippen LogP contribution in [0.15, 0.2) is 18.2 Å². The number of halogens is 3. The minimum atomic E-state index is -4.66. The number of nitrogens with zero attached hydrogens (tertiary/aromatic N) is 2. The number of morpholine rings is 1. The van der Waals surface area contributed by atoms with E-state index in [4.69, 9.17) is 4.74 Å². The molecule has 0 radical (unpaired) electrons. The van der Waals surface area contributed by atoms with Gasteiger partial charge in [-0.05, 0) is 18.9 Å². The third-order valence-corrected chi connectivity index (χ3v) is 4.27. The van der Waals surface area contributed by atoms with E-state index in [2.05, 4.69) is 10.2 Å². The summed E-state index contributed by atoms with van der Waals surface area (Å²) in [6.07, 6.45) is -2.53. The van der Waals surface area contributed by atoms with Gasteiger partial charge in [-0.25, -0.2) is 0 Å². The van der Waals surface area contributed by atoms with Gasteiger partial charge < -0.3 is 10.1 Å². The van der Waals surface area contributed by atoms with E-state index < -0.39 is 22.4 Å². The zero-order valence-electron chi connectivity index (χ0n) is 12.9. The van der Waals surface area contributed by atoms with Gasteiger partial charge in [0.2, 0.25) is 0 Å². The second kappa shape index (κ2) is 6.56. The van der Waals surface area contributed by atoms with Crippen LogP contribution in [0.25, 0.3) is 0 Å². The average Bonchev–Trinajstić information content (AvgIpc) is 3.37. The Bertz CT molecular complexity index is 620. The Hall–Kier alpha value is -1.87. The third kappa shape index (κ3) is 3.96. The Balaban J connectivity index is 1.68. The highest BCUT2D eigenvalue weighted by molar-refractivity contribution is 5.57. The van der Waals surface area contributed by atoms with E-state index in [1.165, 1.54) is 12.8 Å². The van der Waals surface area contributed by atoms with Gasteiger partial charge in [-0.3, -0.25) is 15.0 Å². The highest BCUT2D eigenvalue weighted by Gasteiger charge is 2.36. The van der Waals surface area contributed by atoms with E-state index in [0.29, 0.717) is 25.3 Å². The molecular weight excluding hydrogens is 327 g/mol. The van der Waals surface area contributed by atoms with Crippen LogP contribution in [-0.2, 0) is 10.9 Å². The quantitative estimate of drug-likeness (QED) is 0.656. The highest BCUT2D eigenvalue weighted by Crippen LogP contribution is 2.37. The molecule has 1 aromatic rings. The number of non-ortho nitro benzene ring substituents is 1. The monoisotopic (exact) mass is 345 g/mol. The number of rotatable bonds is 5. The van der Waals surface area contributed by atoms with Crippen molar-refractivity contribution in [3.63, 3.8) is 0 Å². The smallest absolute Gasteiger partial charge is 0.382 e. The first-order valence-corrected chi connectivity index (χ1v) is 7.80. The van der Waals surface area contributed by atoms with Gasteiger partial charge in [0, 0.05) is 43.5 Å². The zero-order chi connectivity index (χ0) is 17.3. The van der Waals surface area contributed by atoms with Crippen molar-refractivity contribution in [1.29, 1.82) is 0 Å². The average molecular weight is 345 g/mol. The molecule has 1 heterocycles. The molecule has 1 aliphatic carbocycles. The summed E-state index contributed by atoms with van der Waals surface area (Å²) in [5.41, 5.74) is -1.78. The van der Waals surface area contributed by atoms with Gasteiger partial charge in [0.15, 0.2) is 0 Å². The van der Waals surface area contributed by atoms with Crippen LogP contribution in [0.5, 0.6) is 0 Å². The van der Waals surface area contributed by atoms with Crippen molar-refractivity contribution in [2.75, 3.05) is 31.6 Å². The molecule has 24 heavy (non-hydrogen) atoms. The van der Waals surface area contributed by atoms with Crippen LogP contribution in [0.1, 0.15) is 18.4 Å². The van der Waals surface area contributed by atoms with E-state index in [-0.39, 0.29) is 18.3 Å². The maximum Gasteiger partial charge on any atom is 0.418 e. The minimum Gasteiger partial charge on any atom is -0.382 e. The lowest BCUT2D eigenvalue weighted by molar-refractivity contribution is -0.385. The Labute approximate surface area is 136 Å². The molecule has 1 saturated carbocycles. The topological polar surface area (TPSA) is 67.6 Å². The van der Waals surface area contributed by atoms with E-state index in [9.17, 15) is 23.3 Å². The van der Waals surface area contributed by atoms with Gasteiger partial charge in [0.1, 0.15) is 0 Å². The normalized spacial score (nSPS) is 22.4. The van der Waals surface area contributed by atoms with E-state index in [0.717, 1.165) is 18.7 Å². The maximum atomic E-state index is 13.1. The number of hydrogen-bond acceptors (Lipinski definition) is 5. The number of nitro groups is 1. The molecule has 1 aromatic carbocycles. The van der Waals surface area contributed by atoms with E-state index in [1.807, 2.05) is 0 Å². The van der Waals surface area contributed by atoms with Crippen molar-refractivity contribution in [3.8, 4) is 0 Å². The van der Waals surface area contributed by atoms with Crippen LogP contribution in [-0.4, -0.2) is 48.2 Å². The van der Waals surface area contributed by atoms with Crippen molar-refractivity contribution in [2.45, 2.75) is 31.2 Å². The fourth-order valence-corrected chi connectivity index (χ4v) is 2.90. The molecule has 2 aliphatic rings. The molecule has 2 fully saturated rings. The Morgan fingerprint density at radius 2 is 2.12 bits per heavy atom. The molecule has 9 heteroatoms. The summed E-state index contributed by atoms with van der Waals surface area (Å²) >= 11 is 0. The molecule has 0 aromatic heterocycles. The molecular formula is C15H18F3N3O3. The number of benzene rings is 1. The second-order valence-electron chi connectivity index (χ2n) is 6.08. The van der Waals surface area contributed by atoms with Crippen LogP contribution in [0.4, 0.5) is 24.5 Å². The van der Waals surface area contributed by atoms with Gasteiger partial charge in [-0.1, -0.05) is 0 Å². The lowest BCUT2D eigenvalue weighted by atomic mass is 10.1. The molecule has 0 amide bonds. The first-order chi connectivity index (χ1) is 11.3.